The number of aromatic nitrogens is 4. The summed E-state index contributed by atoms with van der Waals surface area (Å²) >= 11 is 6.13. The standard InChI is InChI=1S/C23H19ClFN5O2/c1-13-2-7-16(10-19(13)24)27-20(31)12-29-23(32)22-18(21(28-29)14-3-4-14)11-26-30(22)17-8-5-15(25)6-9-17/h2,5-11,14H,3-4,12H2,1H3,(H,27,31). The Bertz CT molecular complexity index is 1410. The molecule has 7 nitrogen and oxygen atoms in total. The number of carbonyl (C=O) groups is 1. The Kier molecular flexibility index (Phi) is 5.01. The Hall–Kier alpha value is -3.52. The maximum absolute atomic E-state index is 13.4. The van der Waals surface area contributed by atoms with E-state index in [4.69, 9.17) is 11.6 Å². The van der Waals surface area contributed by atoms with Gasteiger partial charge in [-0.05, 0) is 61.7 Å². The molecule has 0 bridgehead atoms. The number of nitrogens with one attached hydrogen (secondary N) is 1. The number of carbonyl (C=O) groups excluding carboxylic acids is 1. The Morgan fingerprint density at radius 3 is 2.66 bits per heavy atom. The van der Waals surface area contributed by atoms with Gasteiger partial charge in [-0.2, -0.15) is 10.2 Å². The highest BCUT2D eigenvalue weighted by Gasteiger charge is 2.30. The zero-order valence-corrected chi connectivity index (χ0v) is 17.9. The summed E-state index contributed by atoms with van der Waals surface area (Å²) in [4.78, 5) is 26.0. The summed E-state index contributed by atoms with van der Waals surface area (Å²) in [6, 6.07) is 10.9. The van der Waals surface area contributed by atoms with Gasteiger partial charge in [-0.15, -0.1) is 0 Å². The molecule has 5 rings (SSSR count). The highest BCUT2D eigenvalue weighted by molar-refractivity contribution is 6.31. The van der Waals surface area contributed by atoms with Gasteiger partial charge in [-0.3, -0.25) is 9.59 Å². The molecule has 0 atom stereocenters. The minimum absolute atomic E-state index is 0.231. The van der Waals surface area contributed by atoms with Crippen LogP contribution in [0.25, 0.3) is 16.6 Å². The Balaban J connectivity index is 1.54. The van der Waals surface area contributed by atoms with Crippen molar-refractivity contribution in [2.75, 3.05) is 5.32 Å². The van der Waals surface area contributed by atoms with Gasteiger partial charge in [0.25, 0.3) is 5.56 Å². The minimum atomic E-state index is -0.441. The third kappa shape index (κ3) is 3.78. The second-order valence-corrected chi connectivity index (χ2v) is 8.34. The summed E-state index contributed by atoms with van der Waals surface area (Å²) in [6.07, 6.45) is 3.55. The molecule has 32 heavy (non-hydrogen) atoms. The molecule has 9 heteroatoms. The van der Waals surface area contributed by atoms with Crippen molar-refractivity contribution in [1.29, 1.82) is 0 Å². The van der Waals surface area contributed by atoms with Crippen LogP contribution in [0.5, 0.6) is 0 Å². The minimum Gasteiger partial charge on any atom is -0.324 e. The summed E-state index contributed by atoms with van der Waals surface area (Å²) in [7, 11) is 0. The van der Waals surface area contributed by atoms with Gasteiger partial charge >= 0.3 is 0 Å². The summed E-state index contributed by atoms with van der Waals surface area (Å²) in [5.41, 5.74) is 2.62. The molecular formula is C23H19ClFN5O2. The first kappa shape index (κ1) is 20.4. The molecule has 2 aromatic carbocycles. The number of halogens is 2. The van der Waals surface area contributed by atoms with E-state index in [0.29, 0.717) is 27.3 Å². The van der Waals surface area contributed by atoms with Crippen molar-refractivity contribution in [3.05, 3.63) is 81.1 Å². The monoisotopic (exact) mass is 451 g/mol. The van der Waals surface area contributed by atoms with Crippen LogP contribution in [0.4, 0.5) is 10.1 Å². The first-order chi connectivity index (χ1) is 15.4. The lowest BCUT2D eigenvalue weighted by Gasteiger charge is -2.11. The van der Waals surface area contributed by atoms with Crippen LogP contribution in [-0.4, -0.2) is 25.5 Å². The summed E-state index contributed by atoms with van der Waals surface area (Å²) in [5, 5.41) is 12.8. The molecule has 1 aliphatic carbocycles. The molecule has 2 heterocycles. The Morgan fingerprint density at radius 1 is 1.22 bits per heavy atom. The number of hydrogen-bond acceptors (Lipinski definition) is 4. The molecule has 1 amide bonds. The van der Waals surface area contributed by atoms with E-state index in [-0.39, 0.29) is 18.3 Å². The predicted octanol–water partition coefficient (Wildman–Crippen LogP) is 4.20. The van der Waals surface area contributed by atoms with Crippen molar-refractivity contribution in [3.8, 4) is 5.69 Å². The Morgan fingerprint density at radius 2 is 1.97 bits per heavy atom. The summed E-state index contributed by atoms with van der Waals surface area (Å²) < 4.78 is 16.0. The molecule has 2 aromatic heterocycles. The van der Waals surface area contributed by atoms with Crippen LogP contribution in [0.1, 0.15) is 30.0 Å². The van der Waals surface area contributed by atoms with E-state index in [2.05, 4.69) is 15.5 Å². The normalized spacial score (nSPS) is 13.5. The third-order valence-corrected chi connectivity index (χ3v) is 5.90. The van der Waals surface area contributed by atoms with Crippen LogP contribution in [0, 0.1) is 12.7 Å². The number of nitrogens with zero attached hydrogens (tertiary/aromatic N) is 4. The maximum atomic E-state index is 13.4. The molecule has 1 aliphatic rings. The van der Waals surface area contributed by atoms with Crippen LogP contribution in [-0.2, 0) is 11.3 Å². The zero-order valence-electron chi connectivity index (χ0n) is 17.2. The molecule has 1 saturated carbocycles. The molecular weight excluding hydrogens is 433 g/mol. The SMILES string of the molecule is Cc1ccc(NC(=O)Cn2nc(C3CC3)c3cnn(-c4ccc(F)cc4)c3c2=O)cc1Cl. The van der Waals surface area contributed by atoms with E-state index in [1.54, 1.807) is 36.5 Å². The number of amides is 1. The van der Waals surface area contributed by atoms with Crippen LogP contribution in [0.15, 0.2) is 53.5 Å². The largest absolute Gasteiger partial charge is 0.324 e. The van der Waals surface area contributed by atoms with Gasteiger partial charge in [0, 0.05) is 22.0 Å². The number of aryl methyl sites for hydroxylation is 1. The second kappa shape index (κ2) is 7.87. The molecule has 1 fully saturated rings. The average molecular weight is 452 g/mol. The van der Waals surface area contributed by atoms with Crippen molar-refractivity contribution in [2.45, 2.75) is 32.2 Å². The molecule has 0 radical (unpaired) electrons. The topological polar surface area (TPSA) is 81.8 Å². The first-order valence-electron chi connectivity index (χ1n) is 10.2. The second-order valence-electron chi connectivity index (χ2n) is 7.93. The number of fused-ring (bicyclic) bond motifs is 1. The first-order valence-corrected chi connectivity index (χ1v) is 10.6. The fourth-order valence-corrected chi connectivity index (χ4v) is 3.82. The lowest BCUT2D eigenvalue weighted by Crippen LogP contribution is -2.31. The van der Waals surface area contributed by atoms with Crippen molar-refractivity contribution in [2.24, 2.45) is 0 Å². The lowest BCUT2D eigenvalue weighted by atomic mass is 10.2. The molecule has 0 aliphatic heterocycles. The predicted molar refractivity (Wildman–Crippen MR) is 120 cm³/mol. The highest BCUT2D eigenvalue weighted by Crippen LogP contribution is 2.41. The van der Waals surface area contributed by atoms with Gasteiger partial charge < -0.3 is 5.32 Å². The summed E-state index contributed by atoms with van der Waals surface area (Å²) in [6.45, 7) is 1.62. The van der Waals surface area contributed by atoms with Crippen LogP contribution >= 0.6 is 11.6 Å². The van der Waals surface area contributed by atoms with Gasteiger partial charge in [-0.25, -0.2) is 13.8 Å². The molecule has 0 saturated heterocycles. The number of hydrogen-bond donors (Lipinski definition) is 1. The van der Waals surface area contributed by atoms with Gasteiger partial charge in [0.2, 0.25) is 5.91 Å². The van der Waals surface area contributed by atoms with Crippen molar-refractivity contribution in [3.63, 3.8) is 0 Å². The molecule has 1 N–H and O–H groups in total. The molecule has 0 spiro atoms. The van der Waals surface area contributed by atoms with Gasteiger partial charge in [0.05, 0.1) is 17.6 Å². The van der Waals surface area contributed by atoms with Crippen molar-refractivity contribution >= 4 is 34.1 Å². The van der Waals surface area contributed by atoms with Crippen LogP contribution in [0.3, 0.4) is 0 Å². The van der Waals surface area contributed by atoms with Gasteiger partial charge in [-0.1, -0.05) is 17.7 Å². The smallest absolute Gasteiger partial charge is 0.293 e. The zero-order chi connectivity index (χ0) is 22.4. The average Bonchev–Trinajstić information content (AvgIpc) is 3.51. The fraction of sp³-hybridized carbons (Fsp3) is 0.217. The highest BCUT2D eigenvalue weighted by atomic mass is 35.5. The molecule has 4 aromatic rings. The maximum Gasteiger partial charge on any atom is 0.293 e. The summed E-state index contributed by atoms with van der Waals surface area (Å²) in [5.74, 6) is -0.543. The fourth-order valence-electron chi connectivity index (χ4n) is 3.64. The lowest BCUT2D eigenvalue weighted by molar-refractivity contribution is -0.117. The van der Waals surface area contributed by atoms with Gasteiger partial charge in [0.1, 0.15) is 17.9 Å². The van der Waals surface area contributed by atoms with Crippen LogP contribution in [0.2, 0.25) is 5.02 Å². The Labute approximate surface area is 187 Å². The number of anilines is 1. The van der Waals surface area contributed by atoms with Crippen molar-refractivity contribution < 1.29 is 9.18 Å². The van der Waals surface area contributed by atoms with Crippen molar-refractivity contribution in [1.82, 2.24) is 19.6 Å². The quantitative estimate of drug-likeness (QED) is 0.493. The van der Waals surface area contributed by atoms with Crippen LogP contribution < -0.4 is 10.9 Å². The van der Waals surface area contributed by atoms with E-state index in [9.17, 15) is 14.0 Å². The van der Waals surface area contributed by atoms with Gasteiger partial charge in [0.15, 0.2) is 0 Å². The van der Waals surface area contributed by atoms with E-state index in [0.717, 1.165) is 24.1 Å². The van der Waals surface area contributed by atoms with E-state index >= 15 is 0 Å². The van der Waals surface area contributed by atoms with E-state index in [1.165, 1.54) is 21.5 Å². The third-order valence-electron chi connectivity index (χ3n) is 5.49. The number of rotatable bonds is 5. The van der Waals surface area contributed by atoms with E-state index in [1.807, 2.05) is 6.92 Å². The molecule has 0 unspecified atom stereocenters. The number of benzene rings is 2. The van der Waals surface area contributed by atoms with E-state index < -0.39 is 11.5 Å². The molecule has 162 valence electrons.